The number of hydrogen-bond acceptors (Lipinski definition) is 6. The topological polar surface area (TPSA) is 103 Å². The number of aliphatic carboxylic acids is 1. The van der Waals surface area contributed by atoms with Crippen LogP contribution >= 0.6 is 11.8 Å². The molecule has 1 amide bonds. The van der Waals surface area contributed by atoms with E-state index in [-0.39, 0.29) is 24.4 Å². The van der Waals surface area contributed by atoms with Crippen molar-refractivity contribution in [3.05, 3.63) is 0 Å². The molecule has 7 nitrogen and oxygen atoms in total. The van der Waals surface area contributed by atoms with E-state index in [4.69, 9.17) is 4.74 Å². The van der Waals surface area contributed by atoms with Gasteiger partial charge >= 0.3 is 0 Å². The van der Waals surface area contributed by atoms with E-state index in [1.807, 2.05) is 0 Å². The van der Waals surface area contributed by atoms with Gasteiger partial charge in [0.2, 0.25) is 5.91 Å². The summed E-state index contributed by atoms with van der Waals surface area (Å²) < 4.78 is 4.94. The van der Waals surface area contributed by atoms with Gasteiger partial charge in [0.05, 0.1) is 30.7 Å². The Kier molecular flexibility index (Phi) is 11.2. The maximum atomic E-state index is 11.9. The molecule has 1 heterocycles. The van der Waals surface area contributed by atoms with Crippen molar-refractivity contribution < 1.29 is 29.5 Å². The summed E-state index contributed by atoms with van der Waals surface area (Å²) in [5.41, 5.74) is 0. The van der Waals surface area contributed by atoms with E-state index < -0.39 is 17.9 Å². The summed E-state index contributed by atoms with van der Waals surface area (Å²) in [6.45, 7) is 3.00. The van der Waals surface area contributed by atoms with Gasteiger partial charge in [0.1, 0.15) is 6.73 Å². The number of ether oxygens (including phenoxy) is 1. The summed E-state index contributed by atoms with van der Waals surface area (Å²) in [6.07, 6.45) is 15.0. The third-order valence-electron chi connectivity index (χ3n) is 6.24. The maximum absolute atomic E-state index is 11.9. The first-order valence-electron chi connectivity index (χ1n) is 11.5. The van der Waals surface area contributed by atoms with Crippen molar-refractivity contribution in [1.82, 2.24) is 4.90 Å². The molecular weight excluding hydrogens is 404 g/mol. The van der Waals surface area contributed by atoms with Crippen LogP contribution in [0.25, 0.3) is 0 Å². The summed E-state index contributed by atoms with van der Waals surface area (Å²) in [4.78, 5) is 34.6. The molecule has 3 aliphatic rings. The molecule has 0 spiro atoms. The highest BCUT2D eigenvalue weighted by molar-refractivity contribution is 8.13. The number of hydrogen-bond donors (Lipinski definition) is 1. The molecule has 2 atom stereocenters. The molecular formula is C22H38N2O5S. The first-order valence-corrected chi connectivity index (χ1v) is 12.4. The molecule has 3 fully saturated rings. The van der Waals surface area contributed by atoms with E-state index >= 15 is 0 Å². The second-order valence-electron chi connectivity index (χ2n) is 8.84. The minimum Gasteiger partial charge on any atom is -0.548 e. The zero-order chi connectivity index (χ0) is 21.9. The van der Waals surface area contributed by atoms with Gasteiger partial charge in [-0.2, -0.15) is 0 Å². The summed E-state index contributed by atoms with van der Waals surface area (Å²) in [5.74, 6) is -1.73. The Balaban J connectivity index is 0.000000220. The number of rotatable bonds is 6. The predicted octanol–water partition coefficient (Wildman–Crippen LogP) is 1.05. The van der Waals surface area contributed by atoms with Gasteiger partial charge in [-0.05, 0) is 51.4 Å². The van der Waals surface area contributed by atoms with Crippen LogP contribution in [0.2, 0.25) is 0 Å². The lowest BCUT2D eigenvalue weighted by molar-refractivity contribution is -0.725. The molecule has 8 heteroatoms. The molecule has 1 aliphatic heterocycles. The smallest absolute Gasteiger partial charge is 0.228 e. The number of nitrogens with two attached hydrogens (primary N) is 1. The minimum absolute atomic E-state index is 0.0352. The summed E-state index contributed by atoms with van der Waals surface area (Å²) in [5, 5.41) is 13.4. The van der Waals surface area contributed by atoms with Crippen LogP contribution in [0.4, 0.5) is 0 Å². The zero-order valence-corrected chi connectivity index (χ0v) is 19.3. The molecule has 1 unspecified atom stereocenters. The van der Waals surface area contributed by atoms with E-state index in [0.29, 0.717) is 5.75 Å². The molecule has 30 heavy (non-hydrogen) atoms. The molecule has 0 aromatic rings. The van der Waals surface area contributed by atoms with E-state index in [2.05, 4.69) is 5.32 Å². The van der Waals surface area contributed by atoms with Crippen LogP contribution in [0.3, 0.4) is 0 Å². The van der Waals surface area contributed by atoms with E-state index in [1.54, 1.807) is 6.92 Å². The van der Waals surface area contributed by atoms with Crippen LogP contribution in [0.15, 0.2) is 0 Å². The molecule has 0 aromatic carbocycles. The van der Waals surface area contributed by atoms with Crippen molar-refractivity contribution in [2.75, 3.05) is 19.1 Å². The lowest BCUT2D eigenvalue weighted by Gasteiger charge is -2.27. The van der Waals surface area contributed by atoms with E-state index in [1.165, 1.54) is 71.1 Å². The number of carboxylic acid groups (broad SMARTS) is 1. The van der Waals surface area contributed by atoms with Gasteiger partial charge in [0.15, 0.2) is 5.12 Å². The van der Waals surface area contributed by atoms with Crippen molar-refractivity contribution in [3.63, 3.8) is 0 Å². The first-order chi connectivity index (χ1) is 14.4. The second kappa shape index (κ2) is 13.3. The Morgan fingerprint density at radius 1 is 1.03 bits per heavy atom. The van der Waals surface area contributed by atoms with Crippen LogP contribution in [0, 0.1) is 5.92 Å². The monoisotopic (exact) mass is 442 g/mol. The molecule has 0 aromatic heterocycles. The quantitative estimate of drug-likeness (QED) is 0.660. The van der Waals surface area contributed by atoms with Gasteiger partial charge < -0.3 is 24.9 Å². The number of quaternary nitrogens is 1. The lowest BCUT2D eigenvalue weighted by Crippen LogP contribution is -2.95. The zero-order valence-electron chi connectivity index (χ0n) is 18.5. The number of thioether (sulfide) groups is 1. The van der Waals surface area contributed by atoms with Crippen LogP contribution in [0.5, 0.6) is 0 Å². The number of carboxylic acids is 1. The second-order valence-corrected chi connectivity index (χ2v) is 10.0. The highest BCUT2D eigenvalue weighted by atomic mass is 32.2. The van der Waals surface area contributed by atoms with Crippen LogP contribution in [-0.4, -0.2) is 59.1 Å². The fourth-order valence-corrected chi connectivity index (χ4v) is 5.12. The molecule has 0 bridgehead atoms. The SMILES string of the molecule is C1CCC([NH2+]C2CCCCC2)CC1.CC(=O)SC[C@@H](C)C(=O)N1COCC1C(=O)[O-]. The fraction of sp³-hybridized carbons (Fsp3) is 0.864. The lowest BCUT2D eigenvalue weighted by atomic mass is 9.91. The van der Waals surface area contributed by atoms with Crippen molar-refractivity contribution >= 4 is 28.8 Å². The Hall–Kier alpha value is -1.12. The fourth-order valence-electron chi connectivity index (χ4n) is 4.49. The average Bonchev–Trinajstić information content (AvgIpc) is 3.24. The Bertz CT molecular complexity index is 546. The number of carbonyl (C=O) groups excluding carboxylic acids is 3. The van der Waals surface area contributed by atoms with Crippen molar-refractivity contribution in [3.8, 4) is 0 Å². The average molecular weight is 443 g/mol. The summed E-state index contributed by atoms with van der Waals surface area (Å²) >= 11 is 1.05. The Morgan fingerprint density at radius 2 is 1.57 bits per heavy atom. The molecule has 0 radical (unpaired) electrons. The molecule has 2 aliphatic carbocycles. The largest absolute Gasteiger partial charge is 0.548 e. The molecule has 3 rings (SSSR count). The van der Waals surface area contributed by atoms with Crippen molar-refractivity contribution in [2.24, 2.45) is 5.92 Å². The normalized spacial score (nSPS) is 24.1. The summed E-state index contributed by atoms with van der Waals surface area (Å²) in [7, 11) is 0. The van der Waals surface area contributed by atoms with Gasteiger partial charge in [-0.15, -0.1) is 0 Å². The Morgan fingerprint density at radius 3 is 2.03 bits per heavy atom. The first kappa shape index (κ1) is 25.1. The van der Waals surface area contributed by atoms with Crippen LogP contribution in [0.1, 0.15) is 78.1 Å². The molecule has 2 saturated carbocycles. The third kappa shape index (κ3) is 8.55. The standard InChI is InChI=1S/C12H23N.C10H15NO5S/c1-3-7-11(8-4-1)13-12-9-5-2-6-10-12;1-6(4-17-7(2)12)9(13)11-5-16-3-8(11)10(14)15/h11-13H,1-10H2;6,8H,3-5H2,1-2H3,(H,14,15)/t;6-,8?/m.1/s1. The highest BCUT2D eigenvalue weighted by Gasteiger charge is 2.33. The highest BCUT2D eigenvalue weighted by Crippen LogP contribution is 2.19. The van der Waals surface area contributed by atoms with E-state index in [9.17, 15) is 19.5 Å². The van der Waals surface area contributed by atoms with Crippen LogP contribution < -0.4 is 10.4 Å². The van der Waals surface area contributed by atoms with Crippen molar-refractivity contribution in [2.45, 2.75) is 96.2 Å². The van der Waals surface area contributed by atoms with Gasteiger partial charge in [-0.1, -0.05) is 31.5 Å². The third-order valence-corrected chi connectivity index (χ3v) is 7.31. The maximum Gasteiger partial charge on any atom is 0.228 e. The molecule has 172 valence electrons. The van der Waals surface area contributed by atoms with Gasteiger partial charge in [0, 0.05) is 18.6 Å². The van der Waals surface area contributed by atoms with E-state index in [0.717, 1.165) is 28.7 Å². The van der Waals surface area contributed by atoms with Gasteiger partial charge in [-0.3, -0.25) is 9.59 Å². The number of amides is 1. The Labute approximate surface area is 184 Å². The van der Waals surface area contributed by atoms with Gasteiger partial charge in [-0.25, -0.2) is 0 Å². The molecule has 2 N–H and O–H groups in total. The predicted molar refractivity (Wildman–Crippen MR) is 114 cm³/mol. The minimum atomic E-state index is -1.32. The number of nitrogens with zero attached hydrogens (tertiary/aromatic N) is 1. The summed E-state index contributed by atoms with van der Waals surface area (Å²) in [6, 6.07) is 0.973. The number of carbonyl (C=O) groups is 3. The molecule has 1 saturated heterocycles. The van der Waals surface area contributed by atoms with Crippen molar-refractivity contribution in [1.29, 1.82) is 0 Å². The van der Waals surface area contributed by atoms with Gasteiger partial charge in [0.25, 0.3) is 0 Å². The van der Waals surface area contributed by atoms with Crippen LogP contribution in [-0.2, 0) is 19.1 Å².